The van der Waals surface area contributed by atoms with Gasteiger partial charge in [0.05, 0.1) is 48.1 Å². The molecule has 2 N–H and O–H groups in total. The molecule has 2 atom stereocenters. The van der Waals surface area contributed by atoms with Gasteiger partial charge in [-0.3, -0.25) is 14.2 Å². The molecule has 162 valence electrons. The van der Waals surface area contributed by atoms with E-state index < -0.39 is 12.1 Å². The monoisotopic (exact) mass is 435 g/mol. The fraction of sp³-hybridized carbons (Fsp3) is 0.500. The van der Waals surface area contributed by atoms with Gasteiger partial charge in [0.1, 0.15) is 0 Å². The molecule has 0 spiro atoms. The Kier molecular flexibility index (Phi) is 7.46. The van der Waals surface area contributed by atoms with Crippen molar-refractivity contribution in [1.29, 1.82) is 0 Å². The quantitative estimate of drug-likeness (QED) is 0.357. The van der Waals surface area contributed by atoms with Crippen LogP contribution in [0.25, 0.3) is 10.9 Å². The molecular weight excluding hydrogens is 410 g/mol. The summed E-state index contributed by atoms with van der Waals surface area (Å²) >= 11 is 1.10. The lowest BCUT2D eigenvalue weighted by Crippen LogP contribution is -2.33. The first-order valence-corrected chi connectivity index (χ1v) is 10.7. The molecule has 1 saturated heterocycles. The van der Waals surface area contributed by atoms with Crippen LogP contribution in [-0.2, 0) is 20.8 Å². The van der Waals surface area contributed by atoms with Gasteiger partial charge in [-0.15, -0.1) is 0 Å². The molecule has 10 heteroatoms. The average Bonchev–Trinajstić information content (AvgIpc) is 3.25. The standard InChI is InChI=1S/C20H25N3O6S/c1-12(24)10-23-18(26)15-6-5-13(19(27)28-2)8-16(15)22-20(23)30-11-17(25)21-9-14-4-3-7-29-14/h5-6,8,12,14,24H,3-4,7,9-11H2,1-2H3,(H,21,25). The fourth-order valence-corrected chi connectivity index (χ4v) is 4.03. The lowest BCUT2D eigenvalue weighted by molar-refractivity contribution is -0.119. The highest BCUT2D eigenvalue weighted by molar-refractivity contribution is 7.99. The molecular formula is C20H25N3O6S. The van der Waals surface area contributed by atoms with Crippen molar-refractivity contribution in [2.45, 2.75) is 43.7 Å². The first-order chi connectivity index (χ1) is 14.4. The van der Waals surface area contributed by atoms with Crippen molar-refractivity contribution >= 4 is 34.5 Å². The summed E-state index contributed by atoms with van der Waals surface area (Å²) in [6.07, 6.45) is 1.19. The number of aliphatic hydroxyl groups is 1. The number of amides is 1. The van der Waals surface area contributed by atoms with Crippen LogP contribution < -0.4 is 10.9 Å². The van der Waals surface area contributed by atoms with Gasteiger partial charge in [-0.2, -0.15) is 0 Å². The highest BCUT2D eigenvalue weighted by atomic mass is 32.2. The lowest BCUT2D eigenvalue weighted by atomic mass is 10.1. The minimum absolute atomic E-state index is 0.0421. The smallest absolute Gasteiger partial charge is 0.337 e. The van der Waals surface area contributed by atoms with E-state index in [1.807, 2.05) is 0 Å². The van der Waals surface area contributed by atoms with Crippen molar-refractivity contribution < 1.29 is 24.2 Å². The molecule has 1 amide bonds. The second-order valence-electron chi connectivity index (χ2n) is 7.11. The average molecular weight is 436 g/mol. The summed E-state index contributed by atoms with van der Waals surface area (Å²) in [6.45, 7) is 2.78. The van der Waals surface area contributed by atoms with Crippen LogP contribution in [0.5, 0.6) is 0 Å². The van der Waals surface area contributed by atoms with E-state index in [2.05, 4.69) is 10.3 Å². The molecule has 0 radical (unpaired) electrons. The van der Waals surface area contributed by atoms with Gasteiger partial charge in [-0.05, 0) is 38.0 Å². The van der Waals surface area contributed by atoms with E-state index in [1.54, 1.807) is 6.92 Å². The third-order valence-electron chi connectivity index (χ3n) is 4.67. The van der Waals surface area contributed by atoms with Crippen LogP contribution in [0, 0.1) is 0 Å². The van der Waals surface area contributed by atoms with Gasteiger partial charge >= 0.3 is 5.97 Å². The number of thioether (sulfide) groups is 1. The molecule has 1 aliphatic heterocycles. The summed E-state index contributed by atoms with van der Waals surface area (Å²) < 4.78 is 11.6. The van der Waals surface area contributed by atoms with Gasteiger partial charge in [0.15, 0.2) is 5.16 Å². The topological polar surface area (TPSA) is 120 Å². The van der Waals surface area contributed by atoms with E-state index in [0.717, 1.165) is 31.2 Å². The van der Waals surface area contributed by atoms with Gasteiger partial charge < -0.3 is 19.9 Å². The fourth-order valence-electron chi connectivity index (χ4n) is 3.20. The van der Waals surface area contributed by atoms with Crippen molar-refractivity contribution in [3.05, 3.63) is 34.1 Å². The third-order valence-corrected chi connectivity index (χ3v) is 5.65. The molecule has 0 aliphatic carbocycles. The van der Waals surface area contributed by atoms with Crippen LogP contribution in [0.4, 0.5) is 0 Å². The Morgan fingerprint density at radius 3 is 2.93 bits per heavy atom. The summed E-state index contributed by atoms with van der Waals surface area (Å²) in [7, 11) is 1.27. The Balaban J connectivity index is 1.83. The van der Waals surface area contributed by atoms with Crippen LogP contribution in [0.2, 0.25) is 0 Å². The van der Waals surface area contributed by atoms with E-state index in [4.69, 9.17) is 9.47 Å². The molecule has 3 rings (SSSR count). The molecule has 1 fully saturated rings. The Labute approximate surface area is 177 Å². The number of carbonyl (C=O) groups excluding carboxylic acids is 2. The summed E-state index contributed by atoms with van der Waals surface area (Å²) in [5, 5.41) is 13.2. The first-order valence-electron chi connectivity index (χ1n) is 9.71. The first kappa shape index (κ1) is 22.3. The third kappa shape index (κ3) is 5.38. The number of nitrogens with one attached hydrogen (secondary N) is 1. The highest BCUT2D eigenvalue weighted by Gasteiger charge is 2.18. The SMILES string of the molecule is COC(=O)c1ccc2c(=O)n(CC(C)O)c(SCC(=O)NCC3CCCO3)nc2c1. The van der Waals surface area contributed by atoms with Gasteiger partial charge in [0, 0.05) is 13.2 Å². The highest BCUT2D eigenvalue weighted by Crippen LogP contribution is 2.20. The molecule has 0 bridgehead atoms. The molecule has 1 aromatic heterocycles. The number of hydrogen-bond donors (Lipinski definition) is 2. The number of aromatic nitrogens is 2. The summed E-state index contributed by atoms with van der Waals surface area (Å²) in [5.74, 6) is -0.674. The molecule has 0 saturated carbocycles. The van der Waals surface area contributed by atoms with E-state index >= 15 is 0 Å². The number of nitrogens with zero attached hydrogens (tertiary/aromatic N) is 2. The van der Waals surface area contributed by atoms with Gasteiger partial charge in [0.2, 0.25) is 5.91 Å². The van der Waals surface area contributed by atoms with E-state index in [-0.39, 0.29) is 35.4 Å². The van der Waals surface area contributed by atoms with Crippen molar-refractivity contribution in [2.24, 2.45) is 0 Å². The number of esters is 1. The van der Waals surface area contributed by atoms with Gasteiger partial charge in [-0.25, -0.2) is 9.78 Å². The summed E-state index contributed by atoms with van der Waals surface area (Å²) in [6, 6.07) is 4.49. The van der Waals surface area contributed by atoms with Crippen LogP contribution in [0.15, 0.2) is 28.2 Å². The Hall–Kier alpha value is -2.43. The maximum atomic E-state index is 12.9. The van der Waals surface area contributed by atoms with Crippen LogP contribution in [-0.4, -0.2) is 64.8 Å². The summed E-state index contributed by atoms with van der Waals surface area (Å²) in [4.78, 5) is 41.4. The molecule has 30 heavy (non-hydrogen) atoms. The molecule has 9 nitrogen and oxygen atoms in total. The van der Waals surface area contributed by atoms with Crippen LogP contribution >= 0.6 is 11.8 Å². The maximum Gasteiger partial charge on any atom is 0.337 e. The number of methoxy groups -OCH3 is 1. The lowest BCUT2D eigenvalue weighted by Gasteiger charge is -2.15. The number of aliphatic hydroxyl groups excluding tert-OH is 1. The second-order valence-corrected chi connectivity index (χ2v) is 8.05. The molecule has 2 aromatic rings. The number of fused-ring (bicyclic) bond motifs is 1. The maximum absolute atomic E-state index is 12.9. The number of hydrogen-bond acceptors (Lipinski definition) is 8. The molecule has 1 aliphatic rings. The molecule has 1 aromatic carbocycles. The zero-order valence-corrected chi connectivity index (χ0v) is 17.7. The molecule has 2 heterocycles. The predicted molar refractivity (Wildman–Crippen MR) is 112 cm³/mol. The Morgan fingerprint density at radius 1 is 1.47 bits per heavy atom. The van der Waals surface area contributed by atoms with Crippen molar-refractivity contribution in [2.75, 3.05) is 26.0 Å². The van der Waals surface area contributed by atoms with Crippen molar-refractivity contribution in [1.82, 2.24) is 14.9 Å². The zero-order valence-electron chi connectivity index (χ0n) is 16.9. The normalized spacial score (nSPS) is 17.1. The van der Waals surface area contributed by atoms with Crippen molar-refractivity contribution in [3.8, 4) is 0 Å². The van der Waals surface area contributed by atoms with E-state index in [0.29, 0.717) is 22.6 Å². The largest absolute Gasteiger partial charge is 0.465 e. The van der Waals surface area contributed by atoms with Crippen LogP contribution in [0.3, 0.4) is 0 Å². The Morgan fingerprint density at radius 2 is 2.27 bits per heavy atom. The number of rotatable bonds is 8. The zero-order chi connectivity index (χ0) is 21.7. The van der Waals surface area contributed by atoms with Crippen molar-refractivity contribution in [3.63, 3.8) is 0 Å². The predicted octanol–water partition coefficient (Wildman–Crippen LogP) is 0.951. The number of ether oxygens (including phenoxy) is 2. The summed E-state index contributed by atoms with van der Waals surface area (Å²) in [5.41, 5.74) is 0.252. The van der Waals surface area contributed by atoms with Gasteiger partial charge in [0.25, 0.3) is 5.56 Å². The van der Waals surface area contributed by atoms with E-state index in [9.17, 15) is 19.5 Å². The number of carbonyl (C=O) groups is 2. The van der Waals surface area contributed by atoms with Gasteiger partial charge in [-0.1, -0.05) is 11.8 Å². The number of benzene rings is 1. The second kappa shape index (κ2) is 10.1. The van der Waals surface area contributed by atoms with E-state index in [1.165, 1.54) is 29.9 Å². The molecule has 2 unspecified atom stereocenters. The Bertz CT molecular complexity index is 984. The minimum Gasteiger partial charge on any atom is -0.465 e. The minimum atomic E-state index is -0.774. The van der Waals surface area contributed by atoms with Crippen LogP contribution in [0.1, 0.15) is 30.1 Å².